The van der Waals surface area contributed by atoms with Gasteiger partial charge in [-0.2, -0.15) is 0 Å². The highest BCUT2D eigenvalue weighted by Crippen LogP contribution is 2.70. The van der Waals surface area contributed by atoms with Crippen LogP contribution in [0.5, 0.6) is 0 Å². The standard InChI is InChI=1S/C41H60/c1-24(2)33-20-32(19-26(5)17-18-38(11,12)13)28(7)36-29(8)37-31(10)41(16)30(9)35(25(3)4)27(6)21-40(41,15)23-39(37,14)22-34(33)36/h20,24,30H,3,5,8,17-19,21-23H2,1-2,4,6-7,9-16H3/t30?,39-,40+,41-/m1/s1. The summed E-state index contributed by atoms with van der Waals surface area (Å²) in [6, 6.07) is 2.54. The zero-order valence-corrected chi connectivity index (χ0v) is 29.1. The fourth-order valence-corrected chi connectivity index (χ4v) is 9.84. The van der Waals surface area contributed by atoms with E-state index in [1.807, 2.05) is 0 Å². The normalized spacial score (nSPS) is 29.9. The van der Waals surface area contributed by atoms with E-state index >= 15 is 0 Å². The lowest BCUT2D eigenvalue weighted by atomic mass is 9.40. The maximum atomic E-state index is 4.96. The minimum absolute atomic E-state index is 0.0731. The van der Waals surface area contributed by atoms with Crippen molar-refractivity contribution in [3.05, 3.63) is 87.1 Å². The Hall–Kier alpha value is -2.08. The Morgan fingerprint density at radius 1 is 1.05 bits per heavy atom. The molecule has 0 nitrogen and oxygen atoms in total. The van der Waals surface area contributed by atoms with Crippen LogP contribution < -0.4 is 0 Å². The zero-order chi connectivity index (χ0) is 31.0. The maximum Gasteiger partial charge on any atom is 0.00103 e. The number of rotatable bonds is 6. The van der Waals surface area contributed by atoms with Crippen LogP contribution in [0.1, 0.15) is 143 Å². The average molecular weight is 553 g/mol. The minimum atomic E-state index is 0.0731. The highest BCUT2D eigenvalue weighted by Gasteiger charge is 2.60. The Kier molecular flexibility index (Phi) is 7.98. The molecule has 0 saturated carbocycles. The van der Waals surface area contributed by atoms with Crippen LogP contribution in [0.3, 0.4) is 0 Å². The number of hydrogen-bond acceptors (Lipinski definition) is 0. The quantitative estimate of drug-likeness (QED) is 0.308. The monoisotopic (exact) mass is 552 g/mol. The summed E-state index contributed by atoms with van der Waals surface area (Å²) in [5.74, 6) is 0.922. The first-order valence-electron chi connectivity index (χ1n) is 16.3. The van der Waals surface area contributed by atoms with Crippen LogP contribution in [0.15, 0.2) is 59.2 Å². The Labute approximate surface area is 254 Å². The molecule has 3 aliphatic rings. The molecule has 0 fully saturated rings. The summed E-state index contributed by atoms with van der Waals surface area (Å²) in [5, 5.41) is 0. The van der Waals surface area contributed by atoms with Gasteiger partial charge in [-0.1, -0.05) is 110 Å². The van der Waals surface area contributed by atoms with Gasteiger partial charge >= 0.3 is 0 Å². The molecule has 1 aromatic carbocycles. The van der Waals surface area contributed by atoms with E-state index in [1.165, 1.54) is 57.4 Å². The predicted octanol–water partition coefficient (Wildman–Crippen LogP) is 12.3. The van der Waals surface area contributed by atoms with Gasteiger partial charge in [0.15, 0.2) is 0 Å². The second kappa shape index (κ2) is 10.3. The first-order valence-corrected chi connectivity index (χ1v) is 16.3. The third kappa shape index (κ3) is 5.00. The van der Waals surface area contributed by atoms with Gasteiger partial charge in [0.25, 0.3) is 0 Å². The van der Waals surface area contributed by atoms with E-state index in [-0.39, 0.29) is 16.2 Å². The second-order valence-corrected chi connectivity index (χ2v) is 16.8. The lowest BCUT2D eigenvalue weighted by Gasteiger charge is -2.64. The van der Waals surface area contributed by atoms with Crippen LogP contribution in [0.4, 0.5) is 0 Å². The topological polar surface area (TPSA) is 0 Å². The van der Waals surface area contributed by atoms with Crippen molar-refractivity contribution < 1.29 is 0 Å². The zero-order valence-electron chi connectivity index (χ0n) is 29.1. The Bertz CT molecular complexity index is 1380. The molecule has 4 rings (SSSR count). The van der Waals surface area contributed by atoms with E-state index in [0.717, 1.165) is 25.7 Å². The molecule has 1 aromatic rings. The van der Waals surface area contributed by atoms with E-state index < -0.39 is 0 Å². The Balaban J connectivity index is 1.90. The van der Waals surface area contributed by atoms with Gasteiger partial charge in [0.2, 0.25) is 0 Å². The predicted molar refractivity (Wildman–Crippen MR) is 182 cm³/mol. The number of allylic oxidation sites excluding steroid dienone is 7. The van der Waals surface area contributed by atoms with E-state index in [2.05, 4.69) is 109 Å². The van der Waals surface area contributed by atoms with E-state index in [0.29, 0.717) is 17.3 Å². The molecular formula is C41H60. The molecule has 0 heterocycles. The smallest absolute Gasteiger partial charge is 0.00103 e. The van der Waals surface area contributed by atoms with Crippen molar-refractivity contribution in [2.75, 3.05) is 0 Å². The van der Waals surface area contributed by atoms with Gasteiger partial charge in [0, 0.05) is 5.41 Å². The van der Waals surface area contributed by atoms with Crippen LogP contribution in [-0.4, -0.2) is 0 Å². The molecular weight excluding hydrogens is 492 g/mol. The largest absolute Gasteiger partial charge is 0.0995 e. The van der Waals surface area contributed by atoms with Gasteiger partial charge in [-0.05, 0) is 139 Å². The van der Waals surface area contributed by atoms with Gasteiger partial charge in [-0.3, -0.25) is 0 Å². The highest BCUT2D eigenvalue weighted by molar-refractivity contribution is 5.87. The molecule has 0 radical (unpaired) electrons. The molecule has 0 N–H and O–H groups in total. The van der Waals surface area contributed by atoms with Crippen molar-refractivity contribution in [3.8, 4) is 0 Å². The molecule has 3 aliphatic carbocycles. The van der Waals surface area contributed by atoms with Gasteiger partial charge in [0.05, 0.1) is 0 Å². The van der Waals surface area contributed by atoms with Gasteiger partial charge in [0.1, 0.15) is 0 Å². The third-order valence-corrected chi connectivity index (χ3v) is 12.0. The molecule has 4 atom stereocenters. The molecule has 0 saturated heterocycles. The Morgan fingerprint density at radius 3 is 2.20 bits per heavy atom. The molecule has 224 valence electrons. The summed E-state index contributed by atoms with van der Waals surface area (Å²) in [4.78, 5) is 0. The highest BCUT2D eigenvalue weighted by atomic mass is 14.6. The van der Waals surface area contributed by atoms with Crippen molar-refractivity contribution >= 4 is 5.57 Å². The van der Waals surface area contributed by atoms with Crippen LogP contribution in [0, 0.1) is 34.5 Å². The first kappa shape index (κ1) is 31.8. The van der Waals surface area contributed by atoms with Gasteiger partial charge < -0.3 is 0 Å². The van der Waals surface area contributed by atoms with Crippen molar-refractivity contribution in [1.29, 1.82) is 0 Å². The molecule has 0 aliphatic heterocycles. The summed E-state index contributed by atoms with van der Waals surface area (Å²) in [7, 11) is 0. The second-order valence-electron chi connectivity index (χ2n) is 16.8. The Morgan fingerprint density at radius 2 is 1.66 bits per heavy atom. The average Bonchev–Trinajstić information content (AvgIpc) is 2.80. The minimum Gasteiger partial charge on any atom is -0.0995 e. The molecule has 0 heteroatoms. The molecule has 0 bridgehead atoms. The van der Waals surface area contributed by atoms with Crippen LogP contribution in [0.2, 0.25) is 0 Å². The third-order valence-electron chi connectivity index (χ3n) is 12.0. The van der Waals surface area contributed by atoms with E-state index in [4.69, 9.17) is 6.58 Å². The van der Waals surface area contributed by atoms with Crippen molar-refractivity contribution in [2.24, 2.45) is 27.6 Å². The summed E-state index contributed by atoms with van der Waals surface area (Å²) in [5.41, 5.74) is 18.2. The fraction of sp³-hybridized carbons (Fsp3) is 0.610. The summed E-state index contributed by atoms with van der Waals surface area (Å²) in [6.07, 6.45) is 6.71. The van der Waals surface area contributed by atoms with Crippen LogP contribution in [-0.2, 0) is 12.8 Å². The lowest BCUT2D eigenvalue weighted by molar-refractivity contribution is -0.00617. The number of fused-ring (bicyclic) bond motifs is 3. The van der Waals surface area contributed by atoms with Gasteiger partial charge in [-0.15, -0.1) is 0 Å². The SMILES string of the molecule is C=C(CCC(C)(C)C)Cc1cc(C(C)C)c2c(c1C)C(=C)C1=C(C)[C@@]3(C)C(C)C(C(=C)C)=C(C)C[C@@]3(C)C[C@@]1(C)C2. The molecule has 0 spiro atoms. The molecule has 0 aromatic heterocycles. The first-order chi connectivity index (χ1) is 18.7. The van der Waals surface area contributed by atoms with Crippen molar-refractivity contribution in [1.82, 2.24) is 0 Å². The fourth-order valence-electron chi connectivity index (χ4n) is 9.84. The molecule has 0 amide bonds. The maximum absolute atomic E-state index is 4.96. The van der Waals surface area contributed by atoms with Crippen molar-refractivity contribution in [2.45, 2.75) is 134 Å². The lowest BCUT2D eigenvalue weighted by Crippen LogP contribution is -2.54. The van der Waals surface area contributed by atoms with Crippen LogP contribution >= 0.6 is 0 Å². The summed E-state index contributed by atoms with van der Waals surface area (Å²) < 4.78 is 0. The number of hydrogen-bond donors (Lipinski definition) is 0. The van der Waals surface area contributed by atoms with E-state index in [1.54, 1.807) is 22.3 Å². The van der Waals surface area contributed by atoms with Crippen molar-refractivity contribution in [3.63, 3.8) is 0 Å². The van der Waals surface area contributed by atoms with E-state index in [9.17, 15) is 0 Å². The summed E-state index contributed by atoms with van der Waals surface area (Å²) in [6.45, 7) is 45.3. The summed E-state index contributed by atoms with van der Waals surface area (Å²) >= 11 is 0. The molecule has 41 heavy (non-hydrogen) atoms. The van der Waals surface area contributed by atoms with Crippen LogP contribution in [0.25, 0.3) is 5.57 Å². The number of benzene rings is 1. The van der Waals surface area contributed by atoms with Gasteiger partial charge in [-0.25, -0.2) is 0 Å². The molecule has 1 unspecified atom stereocenters.